The predicted octanol–water partition coefficient (Wildman–Crippen LogP) is 2.72. The molecule has 5 nitrogen and oxygen atoms in total. The summed E-state index contributed by atoms with van der Waals surface area (Å²) in [6.07, 6.45) is 0.795. The number of hydrogen-bond acceptors (Lipinski definition) is 3. The van der Waals surface area contributed by atoms with Crippen molar-refractivity contribution in [3.8, 4) is 0 Å². The molecule has 3 N–H and O–H groups in total. The molecule has 0 radical (unpaired) electrons. The second kappa shape index (κ2) is 8.54. The van der Waals surface area contributed by atoms with Crippen molar-refractivity contribution in [2.75, 3.05) is 11.9 Å². The van der Waals surface area contributed by atoms with Gasteiger partial charge in [-0.15, -0.1) is 0 Å². The Morgan fingerprint density at radius 2 is 1.91 bits per heavy atom. The van der Waals surface area contributed by atoms with Gasteiger partial charge in [0.05, 0.1) is 6.42 Å². The lowest BCUT2D eigenvalue weighted by Crippen LogP contribution is -2.40. The summed E-state index contributed by atoms with van der Waals surface area (Å²) in [6, 6.07) is 4.80. The van der Waals surface area contributed by atoms with Crippen molar-refractivity contribution in [1.82, 2.24) is 5.32 Å². The molecule has 0 aliphatic rings. The maximum absolute atomic E-state index is 12.1. The summed E-state index contributed by atoms with van der Waals surface area (Å²) in [6.45, 7) is 8.64. The third kappa shape index (κ3) is 5.85. The number of carbonyl (C=O) groups excluding carboxylic acids is 1. The van der Waals surface area contributed by atoms with E-state index in [2.05, 4.69) is 24.5 Å². The molecule has 0 aliphatic heterocycles. The van der Waals surface area contributed by atoms with Gasteiger partial charge in [-0.3, -0.25) is 9.59 Å². The molecule has 0 saturated heterocycles. The molecular formula is C17H26N2O3. The van der Waals surface area contributed by atoms with Gasteiger partial charge < -0.3 is 15.7 Å². The van der Waals surface area contributed by atoms with Crippen molar-refractivity contribution >= 4 is 17.6 Å². The summed E-state index contributed by atoms with van der Waals surface area (Å²) < 4.78 is 0. The monoisotopic (exact) mass is 306 g/mol. The number of anilines is 1. The van der Waals surface area contributed by atoms with E-state index in [1.807, 2.05) is 32.0 Å². The van der Waals surface area contributed by atoms with Crippen LogP contribution in [0.5, 0.6) is 0 Å². The zero-order chi connectivity index (χ0) is 16.7. The van der Waals surface area contributed by atoms with E-state index in [1.54, 1.807) is 0 Å². The molecule has 0 aliphatic carbocycles. The van der Waals surface area contributed by atoms with Gasteiger partial charge in [-0.2, -0.15) is 0 Å². The summed E-state index contributed by atoms with van der Waals surface area (Å²) in [5.41, 5.74) is 2.81. The lowest BCUT2D eigenvalue weighted by Gasteiger charge is -2.16. The van der Waals surface area contributed by atoms with Crippen LogP contribution >= 0.6 is 0 Å². The molecule has 22 heavy (non-hydrogen) atoms. The molecular weight excluding hydrogens is 280 g/mol. The summed E-state index contributed by atoms with van der Waals surface area (Å²) in [7, 11) is 0. The van der Waals surface area contributed by atoms with E-state index < -0.39 is 12.0 Å². The number of amides is 1. The van der Waals surface area contributed by atoms with Crippen molar-refractivity contribution in [3.05, 3.63) is 29.3 Å². The van der Waals surface area contributed by atoms with Gasteiger partial charge in [-0.1, -0.05) is 26.0 Å². The highest BCUT2D eigenvalue weighted by atomic mass is 16.4. The Balaban J connectivity index is 2.60. The molecule has 1 atom stereocenters. The van der Waals surface area contributed by atoms with Crippen LogP contribution in [-0.4, -0.2) is 29.6 Å². The van der Waals surface area contributed by atoms with Crippen LogP contribution in [0.3, 0.4) is 0 Å². The summed E-state index contributed by atoms with van der Waals surface area (Å²) >= 11 is 0. The number of carbonyl (C=O) groups is 2. The molecule has 1 aromatic carbocycles. The van der Waals surface area contributed by atoms with E-state index in [9.17, 15) is 14.7 Å². The topological polar surface area (TPSA) is 78.4 Å². The van der Waals surface area contributed by atoms with Crippen LogP contribution in [0.15, 0.2) is 18.2 Å². The SMILES string of the molecule is Cc1cccc(NC(=O)CC(NCCC(C)C)C(=O)O)c1C. The van der Waals surface area contributed by atoms with Gasteiger partial charge in [0.25, 0.3) is 0 Å². The molecule has 0 aromatic heterocycles. The number of nitrogens with one attached hydrogen (secondary N) is 2. The van der Waals surface area contributed by atoms with E-state index in [-0.39, 0.29) is 12.3 Å². The molecule has 0 spiro atoms. The fourth-order valence-corrected chi connectivity index (χ4v) is 2.07. The first-order valence-corrected chi connectivity index (χ1v) is 7.63. The van der Waals surface area contributed by atoms with Crippen LogP contribution in [0.25, 0.3) is 0 Å². The Morgan fingerprint density at radius 3 is 2.50 bits per heavy atom. The Bertz CT molecular complexity index is 527. The Kier molecular flexibility index (Phi) is 7.05. The summed E-state index contributed by atoms with van der Waals surface area (Å²) in [5.74, 6) is -0.802. The zero-order valence-corrected chi connectivity index (χ0v) is 13.8. The van der Waals surface area contributed by atoms with Crippen LogP contribution in [-0.2, 0) is 9.59 Å². The molecule has 1 amide bonds. The molecule has 0 saturated carbocycles. The van der Waals surface area contributed by atoms with Crippen molar-refractivity contribution in [2.45, 2.75) is 46.6 Å². The number of benzene rings is 1. The molecule has 122 valence electrons. The fraction of sp³-hybridized carbons (Fsp3) is 0.529. The average Bonchev–Trinajstić information content (AvgIpc) is 2.42. The number of hydrogen-bond donors (Lipinski definition) is 3. The minimum Gasteiger partial charge on any atom is -0.480 e. The van der Waals surface area contributed by atoms with Gasteiger partial charge in [0.2, 0.25) is 5.91 Å². The molecule has 1 aromatic rings. The predicted molar refractivity (Wildman–Crippen MR) is 88.0 cm³/mol. The first-order valence-electron chi connectivity index (χ1n) is 7.63. The third-order valence-electron chi connectivity index (χ3n) is 3.68. The first-order chi connectivity index (χ1) is 10.3. The van der Waals surface area contributed by atoms with Gasteiger partial charge in [0, 0.05) is 5.69 Å². The maximum atomic E-state index is 12.1. The van der Waals surface area contributed by atoms with Crippen LogP contribution in [0.4, 0.5) is 5.69 Å². The van der Waals surface area contributed by atoms with Gasteiger partial charge in [0.15, 0.2) is 0 Å². The second-order valence-corrected chi connectivity index (χ2v) is 6.03. The molecule has 1 rings (SSSR count). The highest BCUT2D eigenvalue weighted by molar-refractivity contribution is 5.94. The quantitative estimate of drug-likeness (QED) is 0.690. The highest BCUT2D eigenvalue weighted by Gasteiger charge is 2.21. The standard InChI is InChI=1S/C17H26N2O3/c1-11(2)8-9-18-15(17(21)22)10-16(20)19-14-7-5-6-12(3)13(14)4/h5-7,11,15,18H,8-10H2,1-4H3,(H,19,20)(H,21,22). The molecule has 0 bridgehead atoms. The summed E-state index contributed by atoms with van der Waals surface area (Å²) in [5, 5.41) is 14.9. The van der Waals surface area contributed by atoms with Crippen molar-refractivity contribution < 1.29 is 14.7 Å². The van der Waals surface area contributed by atoms with Crippen molar-refractivity contribution in [3.63, 3.8) is 0 Å². The lowest BCUT2D eigenvalue weighted by atomic mass is 10.1. The molecule has 0 heterocycles. The van der Waals surface area contributed by atoms with Gasteiger partial charge in [-0.25, -0.2) is 0 Å². The van der Waals surface area contributed by atoms with E-state index in [4.69, 9.17) is 0 Å². The van der Waals surface area contributed by atoms with Crippen molar-refractivity contribution in [2.24, 2.45) is 5.92 Å². The normalized spacial score (nSPS) is 12.2. The van der Waals surface area contributed by atoms with E-state index in [1.165, 1.54) is 0 Å². The van der Waals surface area contributed by atoms with Gasteiger partial charge in [-0.05, 0) is 49.9 Å². The van der Waals surface area contributed by atoms with Gasteiger partial charge >= 0.3 is 5.97 Å². The first kappa shape index (κ1) is 18.2. The number of carboxylic acid groups (broad SMARTS) is 1. The van der Waals surface area contributed by atoms with Crippen LogP contribution in [0.1, 0.15) is 37.8 Å². The van der Waals surface area contributed by atoms with Crippen LogP contribution < -0.4 is 10.6 Å². The Hall–Kier alpha value is -1.88. The van der Waals surface area contributed by atoms with E-state index >= 15 is 0 Å². The smallest absolute Gasteiger partial charge is 0.321 e. The minimum absolute atomic E-state index is 0.0825. The minimum atomic E-state index is -1.00. The Morgan fingerprint density at radius 1 is 1.23 bits per heavy atom. The molecule has 1 unspecified atom stereocenters. The maximum Gasteiger partial charge on any atom is 0.321 e. The fourth-order valence-electron chi connectivity index (χ4n) is 2.07. The van der Waals surface area contributed by atoms with Crippen LogP contribution in [0, 0.1) is 19.8 Å². The number of aryl methyl sites for hydroxylation is 1. The summed E-state index contributed by atoms with van der Waals surface area (Å²) in [4.78, 5) is 23.3. The van der Waals surface area contributed by atoms with Crippen molar-refractivity contribution in [1.29, 1.82) is 0 Å². The zero-order valence-electron chi connectivity index (χ0n) is 13.8. The molecule has 0 fully saturated rings. The lowest BCUT2D eigenvalue weighted by molar-refractivity contribution is -0.141. The number of aliphatic carboxylic acids is 1. The Labute approximate surface area is 132 Å². The number of rotatable bonds is 8. The highest BCUT2D eigenvalue weighted by Crippen LogP contribution is 2.18. The third-order valence-corrected chi connectivity index (χ3v) is 3.68. The number of carboxylic acids is 1. The van der Waals surface area contributed by atoms with E-state index in [0.29, 0.717) is 12.5 Å². The second-order valence-electron chi connectivity index (χ2n) is 6.03. The van der Waals surface area contributed by atoms with Crippen LogP contribution in [0.2, 0.25) is 0 Å². The van der Waals surface area contributed by atoms with Gasteiger partial charge in [0.1, 0.15) is 6.04 Å². The van der Waals surface area contributed by atoms with E-state index in [0.717, 1.165) is 23.2 Å². The average molecular weight is 306 g/mol. The largest absolute Gasteiger partial charge is 0.480 e. The molecule has 5 heteroatoms.